The van der Waals surface area contributed by atoms with Crippen molar-refractivity contribution in [1.29, 1.82) is 0 Å². The Kier molecular flexibility index (Phi) is 6.73. The highest BCUT2D eigenvalue weighted by Gasteiger charge is 2.13. The molecule has 1 aromatic rings. The normalized spacial score (nSPS) is 13.7. The lowest BCUT2D eigenvalue weighted by Gasteiger charge is -2.19. The molecule has 0 aliphatic rings. The minimum atomic E-state index is -0.242. The fourth-order valence-corrected chi connectivity index (χ4v) is 2.09. The summed E-state index contributed by atoms with van der Waals surface area (Å²) in [6.45, 7) is 3.83. The minimum absolute atomic E-state index is 0.0357. The number of amides is 2. The van der Waals surface area contributed by atoms with Crippen molar-refractivity contribution in [3.8, 4) is 0 Å². The van der Waals surface area contributed by atoms with Gasteiger partial charge in [0.25, 0.3) is 0 Å². The molecule has 5 heteroatoms. The maximum atomic E-state index is 11.8. The van der Waals surface area contributed by atoms with Gasteiger partial charge in [-0.3, -0.25) is 0 Å². The van der Waals surface area contributed by atoms with Crippen LogP contribution in [0.1, 0.15) is 19.4 Å². The van der Waals surface area contributed by atoms with Gasteiger partial charge in [0.2, 0.25) is 0 Å². The Hall–Kier alpha value is -1.20. The molecule has 0 heterocycles. The van der Waals surface area contributed by atoms with Gasteiger partial charge >= 0.3 is 6.03 Å². The highest BCUT2D eigenvalue weighted by atomic mass is 32.2. The molecule has 0 aliphatic carbocycles. The van der Waals surface area contributed by atoms with E-state index >= 15 is 0 Å². The molecule has 2 amide bonds. The number of carbonyl (C=O) groups is 1. The van der Waals surface area contributed by atoms with E-state index in [2.05, 4.69) is 10.6 Å². The highest BCUT2D eigenvalue weighted by molar-refractivity contribution is 7.97. The topological polar surface area (TPSA) is 61.4 Å². The first-order valence-electron chi connectivity index (χ1n) is 6.33. The Morgan fingerprint density at radius 1 is 1.42 bits per heavy atom. The number of nitrogens with one attached hydrogen (secondary N) is 2. The van der Waals surface area contributed by atoms with Crippen LogP contribution in [0.2, 0.25) is 0 Å². The molecule has 106 valence electrons. The average molecular weight is 282 g/mol. The van der Waals surface area contributed by atoms with Crippen LogP contribution in [-0.2, 0) is 5.75 Å². The molecule has 1 aromatic carbocycles. The van der Waals surface area contributed by atoms with Gasteiger partial charge in [-0.1, -0.05) is 19.1 Å². The van der Waals surface area contributed by atoms with Crippen molar-refractivity contribution in [1.82, 2.24) is 5.32 Å². The number of rotatable bonds is 6. The van der Waals surface area contributed by atoms with Crippen molar-refractivity contribution in [3.05, 3.63) is 29.8 Å². The van der Waals surface area contributed by atoms with Gasteiger partial charge in [0.05, 0.1) is 0 Å². The number of anilines is 1. The van der Waals surface area contributed by atoms with Crippen LogP contribution >= 0.6 is 11.8 Å². The average Bonchev–Trinajstić information content (AvgIpc) is 2.38. The van der Waals surface area contributed by atoms with Crippen LogP contribution in [0, 0.1) is 5.92 Å². The van der Waals surface area contributed by atoms with Crippen molar-refractivity contribution < 1.29 is 9.90 Å². The zero-order valence-corrected chi connectivity index (χ0v) is 12.5. The third-order valence-corrected chi connectivity index (χ3v) is 3.62. The Bertz CT molecular complexity index is 412. The van der Waals surface area contributed by atoms with Crippen LogP contribution in [0.4, 0.5) is 10.5 Å². The van der Waals surface area contributed by atoms with E-state index in [9.17, 15) is 4.79 Å². The summed E-state index contributed by atoms with van der Waals surface area (Å²) in [5.74, 6) is 0.961. The molecule has 0 saturated heterocycles. The van der Waals surface area contributed by atoms with Crippen LogP contribution in [0.15, 0.2) is 24.3 Å². The minimum Gasteiger partial charge on any atom is -0.396 e. The molecule has 1 rings (SSSR count). The maximum Gasteiger partial charge on any atom is 0.319 e. The molecule has 0 radical (unpaired) electrons. The van der Waals surface area contributed by atoms with Crippen molar-refractivity contribution in [2.75, 3.05) is 18.2 Å². The molecule has 2 atom stereocenters. The second kappa shape index (κ2) is 8.07. The Morgan fingerprint density at radius 2 is 2.16 bits per heavy atom. The molecular weight excluding hydrogens is 260 g/mol. The smallest absolute Gasteiger partial charge is 0.319 e. The third kappa shape index (κ3) is 5.53. The lowest BCUT2D eigenvalue weighted by molar-refractivity contribution is 0.204. The zero-order chi connectivity index (χ0) is 14.3. The van der Waals surface area contributed by atoms with Crippen LogP contribution in [0.3, 0.4) is 0 Å². The molecule has 0 aliphatic heterocycles. The summed E-state index contributed by atoms with van der Waals surface area (Å²) < 4.78 is 0. The Labute approximate surface area is 119 Å². The number of carbonyl (C=O) groups excluding carboxylic acids is 1. The summed E-state index contributed by atoms with van der Waals surface area (Å²) in [5, 5.41) is 14.7. The van der Waals surface area contributed by atoms with Crippen molar-refractivity contribution in [3.63, 3.8) is 0 Å². The molecule has 0 fully saturated rings. The SMILES string of the molecule is CSCc1cccc(NC(=O)NC(C)C(C)CO)c1. The van der Waals surface area contributed by atoms with E-state index < -0.39 is 0 Å². The lowest BCUT2D eigenvalue weighted by atomic mass is 10.1. The predicted molar refractivity (Wildman–Crippen MR) is 81.5 cm³/mol. The number of urea groups is 1. The van der Waals surface area contributed by atoms with Crippen LogP contribution in [0.5, 0.6) is 0 Å². The molecule has 0 saturated carbocycles. The number of aliphatic hydroxyl groups is 1. The number of thioether (sulfide) groups is 1. The summed E-state index contributed by atoms with van der Waals surface area (Å²) in [6.07, 6.45) is 2.05. The first kappa shape index (κ1) is 15.9. The van der Waals surface area contributed by atoms with Crippen molar-refractivity contribution in [2.24, 2.45) is 5.92 Å². The summed E-state index contributed by atoms with van der Waals surface area (Å²) in [5.41, 5.74) is 1.97. The van der Waals surface area contributed by atoms with Crippen molar-refractivity contribution >= 4 is 23.5 Å². The van der Waals surface area contributed by atoms with Gasteiger partial charge in [-0.15, -0.1) is 0 Å². The predicted octanol–water partition coefficient (Wildman–Crippen LogP) is 2.69. The van der Waals surface area contributed by atoms with Crippen LogP contribution in [0.25, 0.3) is 0 Å². The first-order chi connectivity index (χ1) is 9.06. The molecular formula is C14H22N2O2S. The molecule has 4 nitrogen and oxygen atoms in total. The quantitative estimate of drug-likeness (QED) is 0.752. The van der Waals surface area contributed by atoms with Crippen LogP contribution in [-0.4, -0.2) is 30.0 Å². The molecule has 0 spiro atoms. The van der Waals surface area contributed by atoms with Gasteiger partial charge < -0.3 is 15.7 Å². The van der Waals surface area contributed by atoms with E-state index in [1.165, 1.54) is 5.56 Å². The van der Waals surface area contributed by atoms with Crippen LogP contribution < -0.4 is 10.6 Å². The third-order valence-electron chi connectivity index (χ3n) is 3.00. The number of aliphatic hydroxyl groups excluding tert-OH is 1. The number of hydrogen-bond acceptors (Lipinski definition) is 3. The fourth-order valence-electron chi connectivity index (χ4n) is 1.58. The number of hydrogen-bond donors (Lipinski definition) is 3. The summed E-state index contributed by atoms with van der Waals surface area (Å²) >= 11 is 1.74. The van der Waals surface area contributed by atoms with Gasteiger partial charge in [-0.05, 0) is 36.8 Å². The fraction of sp³-hybridized carbons (Fsp3) is 0.500. The zero-order valence-electron chi connectivity index (χ0n) is 11.6. The summed E-state index contributed by atoms with van der Waals surface area (Å²) in [4.78, 5) is 11.8. The molecule has 19 heavy (non-hydrogen) atoms. The van der Waals surface area contributed by atoms with Gasteiger partial charge in [0.15, 0.2) is 0 Å². The summed E-state index contributed by atoms with van der Waals surface area (Å²) in [6, 6.07) is 7.49. The first-order valence-corrected chi connectivity index (χ1v) is 7.72. The molecule has 0 aromatic heterocycles. The highest BCUT2D eigenvalue weighted by Crippen LogP contribution is 2.15. The van der Waals surface area contributed by atoms with E-state index in [1.54, 1.807) is 11.8 Å². The largest absolute Gasteiger partial charge is 0.396 e. The van der Waals surface area contributed by atoms with Gasteiger partial charge in [-0.2, -0.15) is 11.8 Å². The van der Waals surface area contributed by atoms with Gasteiger partial charge in [0, 0.05) is 24.1 Å². The monoisotopic (exact) mass is 282 g/mol. The maximum absolute atomic E-state index is 11.8. The van der Waals surface area contributed by atoms with Gasteiger partial charge in [-0.25, -0.2) is 4.79 Å². The van der Waals surface area contributed by atoms with E-state index in [1.807, 2.05) is 44.4 Å². The second-order valence-corrected chi connectivity index (χ2v) is 5.55. The summed E-state index contributed by atoms with van der Waals surface area (Å²) in [7, 11) is 0. The molecule has 3 N–H and O–H groups in total. The van der Waals surface area contributed by atoms with E-state index in [0.29, 0.717) is 0 Å². The number of benzene rings is 1. The van der Waals surface area contributed by atoms with E-state index in [-0.39, 0.29) is 24.6 Å². The molecule has 2 unspecified atom stereocenters. The Balaban J connectivity index is 2.54. The molecule has 0 bridgehead atoms. The van der Waals surface area contributed by atoms with Crippen molar-refractivity contribution in [2.45, 2.75) is 25.6 Å². The van der Waals surface area contributed by atoms with E-state index in [4.69, 9.17) is 5.11 Å². The Morgan fingerprint density at radius 3 is 2.79 bits per heavy atom. The lowest BCUT2D eigenvalue weighted by Crippen LogP contribution is -2.40. The van der Waals surface area contributed by atoms with Gasteiger partial charge in [0.1, 0.15) is 0 Å². The second-order valence-electron chi connectivity index (χ2n) is 4.68. The van der Waals surface area contributed by atoms with E-state index in [0.717, 1.165) is 11.4 Å². The standard InChI is InChI=1S/C14H22N2O2S/c1-10(8-17)11(2)15-14(18)16-13-6-4-5-12(7-13)9-19-3/h4-7,10-11,17H,8-9H2,1-3H3,(H2,15,16,18).